The molecule has 1 N–H and O–H groups in total. The van der Waals surface area contributed by atoms with Crippen LogP contribution in [-0.4, -0.2) is 29.6 Å². The molecule has 0 bridgehead atoms. The second kappa shape index (κ2) is 6.01. The summed E-state index contributed by atoms with van der Waals surface area (Å²) in [6.45, 7) is 1.72. The van der Waals surface area contributed by atoms with Gasteiger partial charge in [-0.1, -0.05) is 24.3 Å². The lowest BCUT2D eigenvalue weighted by Gasteiger charge is -2.16. The van der Waals surface area contributed by atoms with Crippen molar-refractivity contribution < 1.29 is 9.90 Å². The van der Waals surface area contributed by atoms with Crippen molar-refractivity contribution in [1.82, 2.24) is 4.90 Å². The van der Waals surface area contributed by atoms with Crippen molar-refractivity contribution in [3.63, 3.8) is 0 Å². The molecular formula is C15H21NO2. The van der Waals surface area contributed by atoms with Gasteiger partial charge in [0, 0.05) is 13.0 Å². The Kier molecular flexibility index (Phi) is 4.37. The summed E-state index contributed by atoms with van der Waals surface area (Å²) in [5, 5.41) is 8.59. The predicted octanol–water partition coefficient (Wildman–Crippen LogP) is 2.86. The van der Waals surface area contributed by atoms with Crippen LogP contribution in [0.1, 0.15) is 42.7 Å². The van der Waals surface area contributed by atoms with E-state index < -0.39 is 5.97 Å². The van der Waals surface area contributed by atoms with E-state index in [4.69, 9.17) is 5.11 Å². The summed E-state index contributed by atoms with van der Waals surface area (Å²) in [5.41, 5.74) is 2.77. The quantitative estimate of drug-likeness (QED) is 0.805. The van der Waals surface area contributed by atoms with Crippen LogP contribution in [0.5, 0.6) is 0 Å². The molecule has 0 heterocycles. The minimum absolute atomic E-state index is 0.255. The molecule has 0 radical (unpaired) electrons. The Morgan fingerprint density at radius 1 is 1.33 bits per heavy atom. The molecule has 3 nitrogen and oxygen atoms in total. The Bertz CT molecular complexity index is 395. The van der Waals surface area contributed by atoms with Crippen LogP contribution in [0.2, 0.25) is 0 Å². The fourth-order valence-corrected chi connectivity index (χ4v) is 2.20. The third-order valence-electron chi connectivity index (χ3n) is 3.41. The molecule has 2 rings (SSSR count). The SMILES string of the molecule is CN(CCCC(=O)O)Cc1ccc(C2CC2)cc1. The topological polar surface area (TPSA) is 40.5 Å². The van der Waals surface area contributed by atoms with Crippen LogP contribution >= 0.6 is 0 Å². The minimum Gasteiger partial charge on any atom is -0.481 e. The highest BCUT2D eigenvalue weighted by Gasteiger charge is 2.22. The highest BCUT2D eigenvalue weighted by atomic mass is 16.4. The van der Waals surface area contributed by atoms with Gasteiger partial charge in [0.25, 0.3) is 0 Å². The van der Waals surface area contributed by atoms with Crippen molar-refractivity contribution in [2.45, 2.75) is 38.1 Å². The van der Waals surface area contributed by atoms with Crippen LogP contribution < -0.4 is 0 Å². The summed E-state index contributed by atoms with van der Waals surface area (Å²) in [6, 6.07) is 8.86. The molecule has 18 heavy (non-hydrogen) atoms. The molecular weight excluding hydrogens is 226 g/mol. The number of benzene rings is 1. The molecule has 3 heteroatoms. The van der Waals surface area contributed by atoms with Gasteiger partial charge >= 0.3 is 5.97 Å². The molecule has 1 aliphatic carbocycles. The van der Waals surface area contributed by atoms with Gasteiger partial charge in [-0.15, -0.1) is 0 Å². The van der Waals surface area contributed by atoms with E-state index in [1.807, 2.05) is 7.05 Å². The van der Waals surface area contributed by atoms with E-state index in [-0.39, 0.29) is 6.42 Å². The average molecular weight is 247 g/mol. The number of hydrogen-bond donors (Lipinski definition) is 1. The van der Waals surface area contributed by atoms with Crippen molar-refractivity contribution in [2.75, 3.05) is 13.6 Å². The van der Waals surface area contributed by atoms with Gasteiger partial charge in [0.15, 0.2) is 0 Å². The van der Waals surface area contributed by atoms with Crippen molar-refractivity contribution in [3.05, 3.63) is 35.4 Å². The lowest BCUT2D eigenvalue weighted by Crippen LogP contribution is -2.19. The van der Waals surface area contributed by atoms with Gasteiger partial charge in [0.1, 0.15) is 0 Å². The molecule has 98 valence electrons. The summed E-state index contributed by atoms with van der Waals surface area (Å²) < 4.78 is 0. The molecule has 0 spiro atoms. The van der Waals surface area contributed by atoms with E-state index in [0.717, 1.165) is 19.0 Å². The largest absolute Gasteiger partial charge is 0.481 e. The number of carboxylic acids is 1. The molecule has 1 saturated carbocycles. The maximum Gasteiger partial charge on any atom is 0.303 e. The molecule has 0 aliphatic heterocycles. The normalized spacial score (nSPS) is 15.0. The molecule has 0 atom stereocenters. The maximum atomic E-state index is 10.4. The third kappa shape index (κ3) is 4.15. The van der Waals surface area contributed by atoms with Gasteiger partial charge in [-0.25, -0.2) is 0 Å². The molecule has 1 fully saturated rings. The van der Waals surface area contributed by atoms with Crippen LogP contribution in [0.3, 0.4) is 0 Å². The van der Waals surface area contributed by atoms with Crippen LogP contribution in [0.15, 0.2) is 24.3 Å². The summed E-state index contributed by atoms with van der Waals surface area (Å²) in [7, 11) is 2.04. The summed E-state index contributed by atoms with van der Waals surface area (Å²) in [4.78, 5) is 12.6. The number of carbonyl (C=O) groups is 1. The smallest absolute Gasteiger partial charge is 0.303 e. The molecule has 0 aromatic heterocycles. The van der Waals surface area contributed by atoms with Gasteiger partial charge in [-0.05, 0) is 49.9 Å². The second-order valence-corrected chi connectivity index (χ2v) is 5.25. The van der Waals surface area contributed by atoms with Gasteiger partial charge in [0.05, 0.1) is 0 Å². The first-order valence-corrected chi connectivity index (χ1v) is 6.64. The fourth-order valence-electron chi connectivity index (χ4n) is 2.20. The second-order valence-electron chi connectivity index (χ2n) is 5.25. The van der Waals surface area contributed by atoms with Gasteiger partial charge in [-0.3, -0.25) is 4.79 Å². The predicted molar refractivity (Wildman–Crippen MR) is 71.6 cm³/mol. The first-order chi connectivity index (χ1) is 8.65. The average Bonchev–Trinajstić information content (AvgIpc) is 3.13. The summed E-state index contributed by atoms with van der Waals surface area (Å²) >= 11 is 0. The maximum absolute atomic E-state index is 10.4. The van der Waals surface area contributed by atoms with Crippen molar-refractivity contribution >= 4 is 5.97 Å². The number of nitrogens with zero attached hydrogens (tertiary/aromatic N) is 1. The fraction of sp³-hybridized carbons (Fsp3) is 0.533. The zero-order valence-corrected chi connectivity index (χ0v) is 10.9. The number of rotatable bonds is 7. The highest BCUT2D eigenvalue weighted by Crippen LogP contribution is 2.39. The van der Waals surface area contributed by atoms with Crippen LogP contribution in [0.4, 0.5) is 0 Å². The molecule has 1 aromatic rings. The Balaban J connectivity index is 1.75. The zero-order chi connectivity index (χ0) is 13.0. The summed E-state index contributed by atoms with van der Waals surface area (Å²) in [5.74, 6) is 0.101. The third-order valence-corrected chi connectivity index (χ3v) is 3.41. The van der Waals surface area contributed by atoms with Gasteiger partial charge < -0.3 is 10.0 Å². The molecule has 1 aromatic carbocycles. The molecule has 0 saturated heterocycles. The Morgan fingerprint density at radius 2 is 2.00 bits per heavy atom. The van der Waals surface area contributed by atoms with Gasteiger partial charge in [0.2, 0.25) is 0 Å². The van der Waals surface area contributed by atoms with Crippen molar-refractivity contribution in [2.24, 2.45) is 0 Å². The molecule has 0 unspecified atom stereocenters. The highest BCUT2D eigenvalue weighted by molar-refractivity contribution is 5.66. The monoisotopic (exact) mass is 247 g/mol. The van der Waals surface area contributed by atoms with Crippen molar-refractivity contribution in [1.29, 1.82) is 0 Å². The lowest BCUT2D eigenvalue weighted by atomic mass is 10.1. The minimum atomic E-state index is -0.711. The first kappa shape index (κ1) is 13.1. The Morgan fingerprint density at radius 3 is 2.56 bits per heavy atom. The molecule has 0 amide bonds. The zero-order valence-electron chi connectivity index (χ0n) is 10.9. The number of carboxylic acid groups (broad SMARTS) is 1. The van der Waals surface area contributed by atoms with E-state index in [0.29, 0.717) is 6.42 Å². The number of aliphatic carboxylic acids is 1. The van der Waals surface area contributed by atoms with E-state index in [2.05, 4.69) is 29.2 Å². The molecule has 1 aliphatic rings. The van der Waals surface area contributed by atoms with Crippen LogP contribution in [0.25, 0.3) is 0 Å². The standard InChI is InChI=1S/C15H21NO2/c1-16(10-2-3-15(17)18)11-12-4-6-13(7-5-12)14-8-9-14/h4-7,14H,2-3,8-11H2,1H3,(H,17,18). The number of hydrogen-bond acceptors (Lipinski definition) is 2. The Labute approximate surface area is 108 Å². The summed E-state index contributed by atoms with van der Waals surface area (Å²) in [6.07, 6.45) is 3.65. The van der Waals surface area contributed by atoms with Crippen molar-refractivity contribution in [3.8, 4) is 0 Å². The Hall–Kier alpha value is -1.35. The van der Waals surface area contributed by atoms with E-state index >= 15 is 0 Å². The van der Waals surface area contributed by atoms with Crippen LogP contribution in [-0.2, 0) is 11.3 Å². The van der Waals surface area contributed by atoms with Gasteiger partial charge in [-0.2, -0.15) is 0 Å². The van der Waals surface area contributed by atoms with Crippen LogP contribution in [0, 0.1) is 0 Å². The van der Waals surface area contributed by atoms with E-state index in [1.54, 1.807) is 0 Å². The van der Waals surface area contributed by atoms with E-state index in [9.17, 15) is 4.79 Å². The first-order valence-electron chi connectivity index (χ1n) is 6.64. The lowest BCUT2D eigenvalue weighted by molar-refractivity contribution is -0.137. The van der Waals surface area contributed by atoms with E-state index in [1.165, 1.54) is 24.0 Å².